The Labute approximate surface area is 134 Å². The van der Waals surface area contributed by atoms with E-state index < -0.39 is 10.0 Å². The van der Waals surface area contributed by atoms with Crippen molar-refractivity contribution in [3.63, 3.8) is 0 Å². The molecule has 0 amide bonds. The maximum absolute atomic E-state index is 12.3. The zero-order valence-electron chi connectivity index (χ0n) is 14.1. The Morgan fingerprint density at radius 3 is 2.68 bits per heavy atom. The predicted octanol–water partition coefficient (Wildman–Crippen LogP) is 1.95. The van der Waals surface area contributed by atoms with Crippen LogP contribution in [0.4, 0.5) is 0 Å². The summed E-state index contributed by atoms with van der Waals surface area (Å²) in [5, 5.41) is 3.29. The number of hydrogen-bond donors (Lipinski definition) is 1. The predicted molar refractivity (Wildman–Crippen MR) is 90.1 cm³/mol. The van der Waals surface area contributed by atoms with Crippen LogP contribution in [0.15, 0.2) is 18.3 Å². The zero-order chi connectivity index (χ0) is 16.3. The van der Waals surface area contributed by atoms with Gasteiger partial charge in [-0.3, -0.25) is 0 Å². The van der Waals surface area contributed by atoms with Crippen molar-refractivity contribution in [2.75, 3.05) is 13.1 Å². The summed E-state index contributed by atoms with van der Waals surface area (Å²) in [5.41, 5.74) is 1.26. The molecule has 2 rings (SSSR count). The van der Waals surface area contributed by atoms with Crippen LogP contribution in [-0.4, -0.2) is 41.7 Å². The number of nitrogens with one attached hydrogen (secondary N) is 1. The van der Waals surface area contributed by atoms with Gasteiger partial charge in [0.2, 0.25) is 10.0 Å². The van der Waals surface area contributed by atoms with E-state index >= 15 is 0 Å². The molecular formula is C16H29N3O2S. The molecule has 0 bridgehead atoms. The highest BCUT2D eigenvalue weighted by Gasteiger charge is 2.35. The summed E-state index contributed by atoms with van der Waals surface area (Å²) >= 11 is 0. The van der Waals surface area contributed by atoms with Crippen LogP contribution >= 0.6 is 0 Å². The first-order chi connectivity index (χ1) is 10.4. The van der Waals surface area contributed by atoms with Crippen molar-refractivity contribution in [1.82, 2.24) is 14.2 Å². The number of aryl methyl sites for hydroxylation is 1. The molecule has 0 aromatic carbocycles. The molecule has 0 spiro atoms. The fraction of sp³-hybridized carbons (Fsp3) is 0.750. The summed E-state index contributed by atoms with van der Waals surface area (Å²) in [6, 6.07) is 4.55. The summed E-state index contributed by atoms with van der Waals surface area (Å²) < 4.78 is 28.5. The minimum atomic E-state index is -3.13. The Balaban J connectivity index is 1.97. The van der Waals surface area contributed by atoms with Crippen LogP contribution in [0, 0.1) is 5.92 Å². The van der Waals surface area contributed by atoms with Crippen molar-refractivity contribution in [3.8, 4) is 0 Å². The van der Waals surface area contributed by atoms with Gasteiger partial charge >= 0.3 is 0 Å². The number of piperidine rings is 1. The molecule has 1 aromatic rings. The largest absolute Gasteiger partial charge is 0.353 e. The lowest BCUT2D eigenvalue weighted by Gasteiger charge is -2.38. The van der Waals surface area contributed by atoms with Crippen molar-refractivity contribution in [1.29, 1.82) is 0 Å². The van der Waals surface area contributed by atoms with Gasteiger partial charge in [-0.05, 0) is 38.3 Å². The van der Waals surface area contributed by atoms with Crippen LogP contribution in [-0.2, 0) is 23.6 Å². The van der Waals surface area contributed by atoms with Gasteiger partial charge in [-0.25, -0.2) is 12.7 Å². The zero-order valence-corrected chi connectivity index (χ0v) is 14.9. The third-order valence-electron chi connectivity index (χ3n) is 4.77. The molecule has 0 unspecified atom stereocenters. The van der Waals surface area contributed by atoms with E-state index in [1.165, 1.54) is 5.69 Å². The van der Waals surface area contributed by atoms with Crippen LogP contribution in [0.2, 0.25) is 0 Å². The summed E-state index contributed by atoms with van der Waals surface area (Å²) in [5.74, 6) is 0.377. The average Bonchev–Trinajstić information content (AvgIpc) is 2.90. The number of aromatic nitrogens is 1. The highest BCUT2D eigenvalue weighted by Crippen LogP contribution is 2.24. The lowest BCUT2D eigenvalue weighted by atomic mass is 9.91. The van der Waals surface area contributed by atoms with Crippen LogP contribution in [0.25, 0.3) is 0 Å². The standard InChI is InChI=1S/C16H29N3O2S/c1-5-14-12-19(22(20,21)13(2)3)10-8-16(14)17-11-15-7-6-9-18(15)4/h6-7,9,13-14,16-17H,5,8,10-12H2,1-4H3/t14-,16-/m0/s1. The summed E-state index contributed by atoms with van der Waals surface area (Å²) in [4.78, 5) is 0. The van der Waals surface area contributed by atoms with Gasteiger partial charge in [-0.1, -0.05) is 13.3 Å². The molecule has 0 saturated carbocycles. The topological polar surface area (TPSA) is 54.3 Å². The Hall–Kier alpha value is -0.850. The minimum Gasteiger partial charge on any atom is -0.353 e. The van der Waals surface area contributed by atoms with Crippen molar-refractivity contribution >= 4 is 10.0 Å². The number of nitrogens with zero attached hydrogens (tertiary/aromatic N) is 2. The fourth-order valence-electron chi connectivity index (χ4n) is 3.13. The monoisotopic (exact) mass is 327 g/mol. The van der Waals surface area contributed by atoms with Crippen molar-refractivity contribution in [2.45, 2.75) is 51.4 Å². The molecule has 1 aliphatic heterocycles. The molecule has 1 fully saturated rings. The molecule has 6 heteroatoms. The van der Waals surface area contributed by atoms with E-state index in [-0.39, 0.29) is 5.25 Å². The number of sulfonamides is 1. The van der Waals surface area contributed by atoms with Crippen LogP contribution in [0.3, 0.4) is 0 Å². The minimum absolute atomic E-state index is 0.335. The Kier molecular flexibility index (Phi) is 5.69. The van der Waals surface area contributed by atoms with E-state index in [2.05, 4.69) is 22.9 Å². The second-order valence-corrected chi connectivity index (χ2v) is 9.00. The first-order valence-electron chi connectivity index (χ1n) is 8.18. The smallest absolute Gasteiger partial charge is 0.216 e. The average molecular weight is 327 g/mol. The summed E-state index contributed by atoms with van der Waals surface area (Å²) in [7, 11) is -1.08. The van der Waals surface area contributed by atoms with Crippen molar-refractivity contribution in [3.05, 3.63) is 24.0 Å². The molecule has 5 nitrogen and oxygen atoms in total. The van der Waals surface area contributed by atoms with E-state index in [4.69, 9.17) is 0 Å². The fourth-order valence-corrected chi connectivity index (χ4v) is 4.48. The van der Waals surface area contributed by atoms with E-state index in [1.807, 2.05) is 19.3 Å². The first-order valence-corrected chi connectivity index (χ1v) is 9.69. The molecule has 1 saturated heterocycles. The van der Waals surface area contributed by atoms with Gasteiger partial charge in [0.1, 0.15) is 0 Å². The molecule has 0 radical (unpaired) electrons. The Bertz CT molecular complexity index is 580. The van der Waals surface area contributed by atoms with Crippen LogP contribution in [0.1, 0.15) is 39.3 Å². The first kappa shape index (κ1) is 17.5. The second-order valence-electron chi connectivity index (χ2n) is 6.51. The van der Waals surface area contributed by atoms with Gasteiger partial charge in [0.05, 0.1) is 5.25 Å². The molecule has 0 aliphatic carbocycles. The molecule has 2 heterocycles. The molecule has 126 valence electrons. The van der Waals surface area contributed by atoms with Gasteiger partial charge in [-0.2, -0.15) is 0 Å². The SMILES string of the molecule is CC[C@H]1CN(S(=O)(=O)C(C)C)CC[C@@H]1NCc1cccn1C. The third kappa shape index (κ3) is 3.73. The van der Waals surface area contributed by atoms with E-state index in [9.17, 15) is 8.42 Å². The molecular weight excluding hydrogens is 298 g/mol. The van der Waals surface area contributed by atoms with Crippen LogP contribution < -0.4 is 5.32 Å². The maximum Gasteiger partial charge on any atom is 0.216 e. The van der Waals surface area contributed by atoms with Gasteiger partial charge in [0.25, 0.3) is 0 Å². The van der Waals surface area contributed by atoms with Crippen molar-refractivity contribution < 1.29 is 8.42 Å². The normalized spacial score (nSPS) is 24.0. The molecule has 1 N–H and O–H groups in total. The molecule has 22 heavy (non-hydrogen) atoms. The quantitative estimate of drug-likeness (QED) is 0.869. The highest BCUT2D eigenvalue weighted by molar-refractivity contribution is 7.89. The third-order valence-corrected chi connectivity index (χ3v) is 7.02. The van der Waals surface area contributed by atoms with Gasteiger partial charge < -0.3 is 9.88 Å². The maximum atomic E-state index is 12.3. The Morgan fingerprint density at radius 2 is 2.14 bits per heavy atom. The lowest BCUT2D eigenvalue weighted by molar-refractivity contribution is 0.199. The van der Waals surface area contributed by atoms with Crippen LogP contribution in [0.5, 0.6) is 0 Å². The number of rotatable bonds is 6. The summed E-state index contributed by atoms with van der Waals surface area (Å²) in [6.45, 7) is 7.77. The van der Waals surface area contributed by atoms with Crippen molar-refractivity contribution in [2.24, 2.45) is 13.0 Å². The molecule has 1 aliphatic rings. The van der Waals surface area contributed by atoms with Gasteiger partial charge in [0, 0.05) is 44.6 Å². The van der Waals surface area contributed by atoms with E-state index in [0.717, 1.165) is 19.4 Å². The lowest BCUT2D eigenvalue weighted by Crippen LogP contribution is -2.52. The molecule has 2 atom stereocenters. The second kappa shape index (κ2) is 7.15. The Morgan fingerprint density at radius 1 is 1.41 bits per heavy atom. The number of hydrogen-bond acceptors (Lipinski definition) is 3. The highest BCUT2D eigenvalue weighted by atomic mass is 32.2. The van der Waals surface area contributed by atoms with E-state index in [0.29, 0.717) is 25.0 Å². The summed E-state index contributed by atoms with van der Waals surface area (Å²) in [6.07, 6.45) is 3.93. The van der Waals surface area contributed by atoms with E-state index in [1.54, 1.807) is 18.2 Å². The van der Waals surface area contributed by atoms with Gasteiger partial charge in [0.15, 0.2) is 0 Å². The van der Waals surface area contributed by atoms with Gasteiger partial charge in [-0.15, -0.1) is 0 Å². The molecule has 1 aromatic heterocycles.